The predicted molar refractivity (Wildman–Crippen MR) is 78.5 cm³/mol. The molecule has 0 aliphatic carbocycles. The third kappa shape index (κ3) is 2.19. The van der Waals surface area contributed by atoms with E-state index in [9.17, 15) is 0 Å². The van der Waals surface area contributed by atoms with Crippen molar-refractivity contribution in [3.63, 3.8) is 0 Å². The average Bonchev–Trinajstić information content (AvgIpc) is 3.05. The highest BCUT2D eigenvalue weighted by Gasteiger charge is 2.12. The normalized spacial score (nSPS) is 11.3. The third-order valence-electron chi connectivity index (χ3n) is 3.48. The van der Waals surface area contributed by atoms with Crippen molar-refractivity contribution < 1.29 is 0 Å². The summed E-state index contributed by atoms with van der Waals surface area (Å²) in [5.74, 6) is 2.09. The van der Waals surface area contributed by atoms with Crippen molar-refractivity contribution in [2.45, 2.75) is 39.8 Å². The van der Waals surface area contributed by atoms with E-state index in [1.54, 1.807) is 6.33 Å². The molecule has 0 atom stereocenters. The molecule has 2 heterocycles. The lowest BCUT2D eigenvalue weighted by atomic mass is 10.3. The zero-order chi connectivity index (χ0) is 13.9. The molecular formula is C15H19N5. The Morgan fingerprint density at radius 3 is 2.75 bits per heavy atom. The van der Waals surface area contributed by atoms with E-state index in [1.165, 1.54) is 0 Å². The molecule has 0 bridgehead atoms. The highest BCUT2D eigenvalue weighted by Crippen LogP contribution is 2.17. The number of hydrogen-bond acceptors (Lipinski definition) is 3. The Hall–Kier alpha value is -2.17. The first-order chi connectivity index (χ1) is 9.83. The van der Waals surface area contributed by atoms with Gasteiger partial charge in [-0.1, -0.05) is 26.0 Å². The third-order valence-corrected chi connectivity index (χ3v) is 3.48. The van der Waals surface area contributed by atoms with E-state index in [1.807, 2.05) is 10.7 Å². The lowest BCUT2D eigenvalue weighted by molar-refractivity contribution is 0.552. The lowest BCUT2D eigenvalue weighted by Gasteiger charge is -2.09. The van der Waals surface area contributed by atoms with Crippen LogP contribution in [0.15, 0.2) is 30.6 Å². The van der Waals surface area contributed by atoms with Gasteiger partial charge in [-0.15, -0.1) is 0 Å². The number of rotatable bonds is 5. The van der Waals surface area contributed by atoms with Gasteiger partial charge in [-0.25, -0.2) is 14.6 Å². The van der Waals surface area contributed by atoms with Crippen LogP contribution < -0.4 is 0 Å². The standard InChI is InChI=1S/C15H19N5/c1-3-9-20-15(16-11-17-20)10-19-13-8-6-5-7-12(13)18-14(19)4-2/h5-8,11H,3-4,9-10H2,1-2H3. The van der Waals surface area contributed by atoms with Gasteiger partial charge in [-0.2, -0.15) is 5.10 Å². The molecule has 0 radical (unpaired) electrons. The zero-order valence-electron chi connectivity index (χ0n) is 12.0. The maximum Gasteiger partial charge on any atom is 0.146 e. The summed E-state index contributed by atoms with van der Waals surface area (Å²) >= 11 is 0. The Bertz CT molecular complexity index is 710. The van der Waals surface area contributed by atoms with Crippen molar-refractivity contribution in [3.05, 3.63) is 42.2 Å². The van der Waals surface area contributed by atoms with E-state index in [0.29, 0.717) is 0 Å². The fraction of sp³-hybridized carbons (Fsp3) is 0.400. The summed E-state index contributed by atoms with van der Waals surface area (Å²) in [6.45, 7) is 5.91. The van der Waals surface area contributed by atoms with E-state index in [2.05, 4.69) is 46.7 Å². The van der Waals surface area contributed by atoms with Crippen molar-refractivity contribution in [2.75, 3.05) is 0 Å². The zero-order valence-corrected chi connectivity index (χ0v) is 12.0. The van der Waals surface area contributed by atoms with Crippen molar-refractivity contribution >= 4 is 11.0 Å². The monoisotopic (exact) mass is 269 g/mol. The van der Waals surface area contributed by atoms with Crippen LogP contribution in [-0.2, 0) is 19.5 Å². The molecular weight excluding hydrogens is 250 g/mol. The van der Waals surface area contributed by atoms with Crippen LogP contribution in [0.5, 0.6) is 0 Å². The molecule has 1 aromatic carbocycles. The first kappa shape index (κ1) is 12.8. The van der Waals surface area contributed by atoms with Crippen LogP contribution in [0.3, 0.4) is 0 Å². The molecule has 3 aromatic rings. The minimum atomic E-state index is 0.726. The van der Waals surface area contributed by atoms with Gasteiger partial charge in [0.15, 0.2) is 0 Å². The molecule has 20 heavy (non-hydrogen) atoms. The van der Waals surface area contributed by atoms with Gasteiger partial charge < -0.3 is 4.57 Å². The van der Waals surface area contributed by atoms with Gasteiger partial charge in [0.25, 0.3) is 0 Å². The SMILES string of the molecule is CCCn1ncnc1Cn1c(CC)nc2ccccc21. The second-order valence-electron chi connectivity index (χ2n) is 4.86. The van der Waals surface area contributed by atoms with Crippen molar-refractivity contribution in [3.8, 4) is 0 Å². The summed E-state index contributed by atoms with van der Waals surface area (Å²) in [4.78, 5) is 9.09. The average molecular weight is 269 g/mol. The minimum absolute atomic E-state index is 0.726. The van der Waals surface area contributed by atoms with Crippen LogP contribution in [0.1, 0.15) is 31.9 Å². The summed E-state index contributed by atoms with van der Waals surface area (Å²) in [5, 5.41) is 4.29. The molecule has 3 rings (SSSR count). The number of imidazole rings is 1. The van der Waals surface area contributed by atoms with E-state index >= 15 is 0 Å². The van der Waals surface area contributed by atoms with Crippen LogP contribution in [0.25, 0.3) is 11.0 Å². The van der Waals surface area contributed by atoms with E-state index in [-0.39, 0.29) is 0 Å². The molecule has 2 aromatic heterocycles. The summed E-state index contributed by atoms with van der Waals surface area (Å²) in [6.07, 6.45) is 3.61. The Labute approximate surface area is 118 Å². The smallest absolute Gasteiger partial charge is 0.146 e. The Morgan fingerprint density at radius 1 is 1.10 bits per heavy atom. The number of nitrogens with zero attached hydrogens (tertiary/aromatic N) is 5. The second kappa shape index (κ2) is 5.45. The number of hydrogen-bond donors (Lipinski definition) is 0. The first-order valence-electron chi connectivity index (χ1n) is 7.14. The van der Waals surface area contributed by atoms with Crippen LogP contribution in [-0.4, -0.2) is 24.3 Å². The Morgan fingerprint density at radius 2 is 1.95 bits per heavy atom. The maximum absolute atomic E-state index is 4.69. The quantitative estimate of drug-likeness (QED) is 0.715. The molecule has 0 N–H and O–H groups in total. The van der Waals surface area contributed by atoms with Gasteiger partial charge in [-0.3, -0.25) is 0 Å². The molecule has 0 saturated heterocycles. The van der Waals surface area contributed by atoms with Crippen molar-refractivity contribution in [1.29, 1.82) is 0 Å². The van der Waals surface area contributed by atoms with Crippen LogP contribution in [0.4, 0.5) is 0 Å². The van der Waals surface area contributed by atoms with Gasteiger partial charge in [0.2, 0.25) is 0 Å². The number of aromatic nitrogens is 5. The molecule has 104 valence electrons. The van der Waals surface area contributed by atoms with Crippen LogP contribution in [0.2, 0.25) is 0 Å². The van der Waals surface area contributed by atoms with Crippen LogP contribution in [0, 0.1) is 0 Å². The topological polar surface area (TPSA) is 48.5 Å². The molecule has 0 amide bonds. The molecule has 0 saturated carbocycles. The maximum atomic E-state index is 4.69. The molecule has 0 fully saturated rings. The highest BCUT2D eigenvalue weighted by molar-refractivity contribution is 5.75. The fourth-order valence-corrected chi connectivity index (χ4v) is 2.52. The van der Waals surface area contributed by atoms with E-state index in [0.717, 1.165) is 48.6 Å². The summed E-state index contributed by atoms with van der Waals surface area (Å²) in [7, 11) is 0. The number of aryl methyl sites for hydroxylation is 2. The molecule has 0 aliphatic rings. The first-order valence-corrected chi connectivity index (χ1v) is 7.14. The molecule has 0 aliphatic heterocycles. The van der Waals surface area contributed by atoms with Gasteiger partial charge in [0.05, 0.1) is 17.6 Å². The van der Waals surface area contributed by atoms with Crippen molar-refractivity contribution in [2.24, 2.45) is 0 Å². The van der Waals surface area contributed by atoms with E-state index < -0.39 is 0 Å². The Balaban J connectivity index is 2.03. The number of para-hydroxylation sites is 2. The van der Waals surface area contributed by atoms with E-state index in [4.69, 9.17) is 4.98 Å². The number of benzene rings is 1. The van der Waals surface area contributed by atoms with Crippen molar-refractivity contribution in [1.82, 2.24) is 24.3 Å². The minimum Gasteiger partial charge on any atom is -0.320 e. The Kier molecular flexibility index (Phi) is 3.50. The van der Waals surface area contributed by atoms with Gasteiger partial charge in [0, 0.05) is 13.0 Å². The van der Waals surface area contributed by atoms with Gasteiger partial charge >= 0.3 is 0 Å². The van der Waals surface area contributed by atoms with Gasteiger partial charge in [0.1, 0.15) is 18.0 Å². The predicted octanol–water partition coefficient (Wildman–Crippen LogP) is 2.65. The van der Waals surface area contributed by atoms with Gasteiger partial charge in [-0.05, 0) is 18.6 Å². The summed E-state index contributed by atoms with van der Waals surface area (Å²) < 4.78 is 4.22. The molecule has 0 spiro atoms. The largest absolute Gasteiger partial charge is 0.320 e. The molecule has 5 nitrogen and oxygen atoms in total. The molecule has 0 unspecified atom stereocenters. The summed E-state index contributed by atoms with van der Waals surface area (Å²) in [6, 6.07) is 8.25. The summed E-state index contributed by atoms with van der Waals surface area (Å²) in [5.41, 5.74) is 2.21. The number of fused-ring (bicyclic) bond motifs is 1. The molecule has 5 heteroatoms. The highest BCUT2D eigenvalue weighted by atomic mass is 15.3. The lowest BCUT2D eigenvalue weighted by Crippen LogP contribution is -2.12. The van der Waals surface area contributed by atoms with Crippen LogP contribution >= 0.6 is 0 Å². The second-order valence-corrected chi connectivity index (χ2v) is 4.86. The fourth-order valence-electron chi connectivity index (χ4n) is 2.52.